The number of likely N-dealkylation sites (tertiary alicyclic amines) is 1. The molecule has 112 valence electrons. The lowest BCUT2D eigenvalue weighted by molar-refractivity contribution is -0.274. The van der Waals surface area contributed by atoms with Crippen molar-refractivity contribution in [2.24, 2.45) is 5.73 Å². The zero-order chi connectivity index (χ0) is 14.6. The molecule has 3 nitrogen and oxygen atoms in total. The third kappa shape index (κ3) is 4.38. The van der Waals surface area contributed by atoms with Gasteiger partial charge in [-0.2, -0.15) is 0 Å². The lowest BCUT2D eigenvalue weighted by Gasteiger charge is -2.35. The number of nitrogens with two attached hydrogens (primary N) is 1. The van der Waals surface area contributed by atoms with E-state index < -0.39 is 6.36 Å². The van der Waals surface area contributed by atoms with Crippen LogP contribution in [0, 0.1) is 0 Å². The van der Waals surface area contributed by atoms with Crippen molar-refractivity contribution >= 4 is 0 Å². The summed E-state index contributed by atoms with van der Waals surface area (Å²) in [6, 6.07) is 6.41. The summed E-state index contributed by atoms with van der Waals surface area (Å²) in [4.78, 5) is 2.29. The molecular weight excluding hydrogens is 269 g/mol. The molecule has 1 aromatic rings. The highest BCUT2D eigenvalue weighted by atomic mass is 19.4. The fourth-order valence-corrected chi connectivity index (χ4v) is 2.57. The Balaban J connectivity index is 1.96. The second-order valence-corrected chi connectivity index (χ2v) is 5.05. The molecule has 1 heterocycles. The van der Waals surface area contributed by atoms with Crippen LogP contribution in [0.3, 0.4) is 0 Å². The number of rotatable bonds is 4. The number of halogens is 3. The van der Waals surface area contributed by atoms with Gasteiger partial charge in [-0.15, -0.1) is 13.2 Å². The normalized spacial score (nSPS) is 20.9. The van der Waals surface area contributed by atoms with Crippen LogP contribution >= 0.6 is 0 Å². The predicted octanol–water partition coefficient (Wildman–Crippen LogP) is 2.90. The molecule has 0 spiro atoms. The number of benzene rings is 1. The smallest absolute Gasteiger partial charge is 0.406 e. The highest BCUT2D eigenvalue weighted by Crippen LogP contribution is 2.24. The lowest BCUT2D eigenvalue weighted by Crippen LogP contribution is -2.43. The van der Waals surface area contributed by atoms with Gasteiger partial charge in [-0.05, 0) is 37.1 Å². The van der Waals surface area contributed by atoms with Gasteiger partial charge >= 0.3 is 6.36 Å². The van der Waals surface area contributed by atoms with E-state index in [0.29, 0.717) is 19.1 Å². The van der Waals surface area contributed by atoms with Gasteiger partial charge in [-0.1, -0.05) is 18.6 Å². The number of alkyl halides is 3. The van der Waals surface area contributed by atoms with Gasteiger partial charge in [0.05, 0.1) is 0 Å². The first-order chi connectivity index (χ1) is 9.48. The SMILES string of the molecule is NCC1CCCCN1Cc1ccc(OC(F)(F)F)cc1. The second kappa shape index (κ2) is 6.45. The number of hydrogen-bond acceptors (Lipinski definition) is 3. The molecule has 2 N–H and O–H groups in total. The number of ether oxygens (including phenoxy) is 1. The van der Waals surface area contributed by atoms with Crippen LogP contribution in [0.15, 0.2) is 24.3 Å². The molecule has 0 aromatic heterocycles. The monoisotopic (exact) mass is 288 g/mol. The summed E-state index contributed by atoms with van der Waals surface area (Å²) in [7, 11) is 0. The van der Waals surface area contributed by atoms with Gasteiger partial charge in [-0.25, -0.2) is 0 Å². The highest BCUT2D eigenvalue weighted by molar-refractivity contribution is 5.27. The molecule has 1 saturated heterocycles. The average molecular weight is 288 g/mol. The van der Waals surface area contributed by atoms with Crippen molar-refractivity contribution in [3.8, 4) is 5.75 Å². The molecule has 0 bridgehead atoms. The first-order valence-electron chi connectivity index (χ1n) is 6.77. The van der Waals surface area contributed by atoms with Crippen molar-refractivity contribution < 1.29 is 17.9 Å². The topological polar surface area (TPSA) is 38.5 Å². The molecular formula is C14H19F3N2O. The first kappa shape index (κ1) is 15.1. The van der Waals surface area contributed by atoms with Crippen LogP contribution in [0.2, 0.25) is 0 Å². The number of piperidine rings is 1. The Hall–Kier alpha value is -1.27. The van der Waals surface area contributed by atoms with E-state index in [4.69, 9.17) is 5.73 Å². The molecule has 1 atom stereocenters. The average Bonchev–Trinajstić information content (AvgIpc) is 2.40. The summed E-state index contributed by atoms with van der Waals surface area (Å²) in [5.41, 5.74) is 6.73. The van der Waals surface area contributed by atoms with E-state index >= 15 is 0 Å². The van der Waals surface area contributed by atoms with E-state index in [1.807, 2.05) is 0 Å². The summed E-state index contributed by atoms with van der Waals surface area (Å²) in [6.07, 6.45) is -1.21. The van der Waals surface area contributed by atoms with Crippen LogP contribution in [-0.4, -0.2) is 30.4 Å². The van der Waals surface area contributed by atoms with Crippen molar-refractivity contribution in [1.82, 2.24) is 4.90 Å². The third-order valence-electron chi connectivity index (χ3n) is 3.56. The molecule has 6 heteroatoms. The standard InChI is InChI=1S/C14H19F3N2O/c15-14(16,17)20-13-6-4-11(5-7-13)10-19-8-2-1-3-12(19)9-18/h4-7,12H,1-3,8-10,18H2. The van der Waals surface area contributed by atoms with Crippen LogP contribution in [0.4, 0.5) is 13.2 Å². The van der Waals surface area contributed by atoms with Gasteiger partial charge in [0.15, 0.2) is 0 Å². The van der Waals surface area contributed by atoms with Crippen LogP contribution in [0.5, 0.6) is 5.75 Å². The quantitative estimate of drug-likeness (QED) is 0.926. The maximum Gasteiger partial charge on any atom is 0.573 e. The second-order valence-electron chi connectivity index (χ2n) is 5.05. The minimum Gasteiger partial charge on any atom is -0.406 e. The summed E-state index contributed by atoms with van der Waals surface area (Å²) < 4.78 is 40.1. The molecule has 1 fully saturated rings. The van der Waals surface area contributed by atoms with E-state index in [9.17, 15) is 13.2 Å². The summed E-state index contributed by atoms with van der Waals surface area (Å²) >= 11 is 0. The van der Waals surface area contributed by atoms with Crippen molar-refractivity contribution in [2.45, 2.75) is 38.2 Å². The fourth-order valence-electron chi connectivity index (χ4n) is 2.57. The Bertz CT molecular complexity index is 419. The van der Waals surface area contributed by atoms with E-state index in [0.717, 1.165) is 24.9 Å². The Morgan fingerprint density at radius 3 is 2.50 bits per heavy atom. The largest absolute Gasteiger partial charge is 0.573 e. The molecule has 0 radical (unpaired) electrons. The van der Waals surface area contributed by atoms with Crippen LogP contribution in [0.25, 0.3) is 0 Å². The Kier molecular flexibility index (Phi) is 4.88. The van der Waals surface area contributed by atoms with Crippen LogP contribution in [0.1, 0.15) is 24.8 Å². The molecule has 1 aliphatic heterocycles. The summed E-state index contributed by atoms with van der Waals surface area (Å²) in [5, 5.41) is 0. The summed E-state index contributed by atoms with van der Waals surface area (Å²) in [6.45, 7) is 2.33. The van der Waals surface area contributed by atoms with Crippen molar-refractivity contribution in [3.63, 3.8) is 0 Å². The van der Waals surface area contributed by atoms with E-state index in [1.54, 1.807) is 12.1 Å². The van der Waals surface area contributed by atoms with E-state index in [2.05, 4.69) is 9.64 Å². The number of nitrogens with zero attached hydrogens (tertiary/aromatic N) is 1. The zero-order valence-electron chi connectivity index (χ0n) is 11.2. The minimum atomic E-state index is -4.64. The molecule has 20 heavy (non-hydrogen) atoms. The Labute approximate surface area is 116 Å². The van der Waals surface area contributed by atoms with E-state index in [-0.39, 0.29) is 5.75 Å². The molecule has 1 aromatic carbocycles. The van der Waals surface area contributed by atoms with Crippen molar-refractivity contribution in [3.05, 3.63) is 29.8 Å². The van der Waals surface area contributed by atoms with Crippen LogP contribution in [-0.2, 0) is 6.54 Å². The molecule has 0 saturated carbocycles. The lowest BCUT2D eigenvalue weighted by atomic mass is 10.0. The highest BCUT2D eigenvalue weighted by Gasteiger charge is 2.31. The Morgan fingerprint density at radius 2 is 1.90 bits per heavy atom. The fraction of sp³-hybridized carbons (Fsp3) is 0.571. The van der Waals surface area contributed by atoms with Gasteiger partial charge in [0.1, 0.15) is 5.75 Å². The molecule has 2 rings (SSSR count). The predicted molar refractivity (Wildman–Crippen MR) is 70.2 cm³/mol. The van der Waals surface area contributed by atoms with Gasteiger partial charge in [0, 0.05) is 19.1 Å². The third-order valence-corrected chi connectivity index (χ3v) is 3.56. The maximum atomic E-state index is 12.1. The van der Waals surface area contributed by atoms with Gasteiger partial charge in [0.2, 0.25) is 0 Å². The molecule has 1 unspecified atom stereocenters. The maximum absolute atomic E-state index is 12.1. The minimum absolute atomic E-state index is 0.185. The van der Waals surface area contributed by atoms with E-state index in [1.165, 1.54) is 18.6 Å². The van der Waals surface area contributed by atoms with Crippen LogP contribution < -0.4 is 10.5 Å². The van der Waals surface area contributed by atoms with Gasteiger partial charge in [0.25, 0.3) is 0 Å². The molecule has 0 aliphatic carbocycles. The molecule has 1 aliphatic rings. The summed E-state index contributed by atoms with van der Waals surface area (Å²) in [5.74, 6) is -0.185. The van der Waals surface area contributed by atoms with Gasteiger partial charge < -0.3 is 10.5 Å². The molecule has 0 amide bonds. The number of hydrogen-bond donors (Lipinski definition) is 1. The first-order valence-corrected chi connectivity index (χ1v) is 6.77. The van der Waals surface area contributed by atoms with Gasteiger partial charge in [-0.3, -0.25) is 4.90 Å². The van der Waals surface area contributed by atoms with Crippen molar-refractivity contribution in [1.29, 1.82) is 0 Å². The Morgan fingerprint density at radius 1 is 1.20 bits per heavy atom. The van der Waals surface area contributed by atoms with Crippen molar-refractivity contribution in [2.75, 3.05) is 13.1 Å². The zero-order valence-corrected chi connectivity index (χ0v) is 11.2.